The number of hydrogen-bond acceptors (Lipinski definition) is 6. The Morgan fingerprint density at radius 2 is 1.81 bits per heavy atom. The molecule has 0 aliphatic carbocycles. The largest absolute Gasteiger partial charge is 0.417 e. The van der Waals surface area contributed by atoms with Crippen LogP contribution < -0.4 is 10.6 Å². The number of hydrogen-bond donors (Lipinski definition) is 1. The molecule has 0 atom stereocenters. The molecule has 1 aromatic heterocycles. The van der Waals surface area contributed by atoms with Crippen molar-refractivity contribution in [3.05, 3.63) is 46.0 Å². The molecule has 1 fully saturated rings. The van der Waals surface area contributed by atoms with Crippen molar-refractivity contribution >= 4 is 17.2 Å². The first kappa shape index (κ1) is 18.9. The predicted molar refractivity (Wildman–Crippen MR) is 95.5 cm³/mol. The number of benzene rings is 1. The number of alkyl halides is 3. The van der Waals surface area contributed by atoms with Crippen molar-refractivity contribution in [1.82, 2.24) is 9.88 Å². The average molecular weight is 381 g/mol. The molecule has 27 heavy (non-hydrogen) atoms. The lowest BCUT2D eigenvalue weighted by Gasteiger charge is -2.33. The van der Waals surface area contributed by atoms with Gasteiger partial charge in [-0.1, -0.05) is 18.2 Å². The standard InChI is InChI=1S/C17H18F3N5O2/c1-23-6-8-24(9-7-23)16-15(25(26)27)13(21)10-14(22-16)11-4-2-3-5-12(11)17(18,19)20/h2-5,10H,6-9H2,1H3,(H2,21,22). The molecule has 0 radical (unpaired) electrons. The molecular weight excluding hydrogens is 363 g/mol. The van der Waals surface area contributed by atoms with E-state index >= 15 is 0 Å². The molecule has 1 aliphatic heterocycles. The summed E-state index contributed by atoms with van der Waals surface area (Å²) in [6, 6.07) is 6.10. The first-order chi connectivity index (χ1) is 12.7. The summed E-state index contributed by atoms with van der Waals surface area (Å²) in [5.74, 6) is 0.0000718. The number of aromatic nitrogens is 1. The zero-order valence-electron chi connectivity index (χ0n) is 14.5. The number of rotatable bonds is 3. The van der Waals surface area contributed by atoms with Crippen LogP contribution in [0.2, 0.25) is 0 Å². The number of nitrogen functional groups attached to an aromatic ring is 1. The monoisotopic (exact) mass is 381 g/mol. The molecule has 7 nitrogen and oxygen atoms in total. The second-order valence-electron chi connectivity index (χ2n) is 6.36. The van der Waals surface area contributed by atoms with Crippen molar-refractivity contribution in [3.63, 3.8) is 0 Å². The molecule has 2 aromatic rings. The van der Waals surface area contributed by atoms with Gasteiger partial charge in [-0.05, 0) is 19.2 Å². The molecule has 0 amide bonds. The van der Waals surface area contributed by atoms with Crippen molar-refractivity contribution in [2.75, 3.05) is 43.9 Å². The zero-order chi connectivity index (χ0) is 19.8. The number of nitro groups is 1. The lowest BCUT2D eigenvalue weighted by atomic mass is 10.0. The third-order valence-corrected chi connectivity index (χ3v) is 4.50. The van der Waals surface area contributed by atoms with E-state index in [0.717, 1.165) is 12.1 Å². The second kappa shape index (κ2) is 7.03. The van der Waals surface area contributed by atoms with E-state index in [-0.39, 0.29) is 28.5 Å². The maximum Gasteiger partial charge on any atom is 0.417 e. The number of anilines is 2. The van der Waals surface area contributed by atoms with E-state index in [0.29, 0.717) is 26.2 Å². The zero-order valence-corrected chi connectivity index (χ0v) is 14.5. The smallest absolute Gasteiger partial charge is 0.393 e. The van der Waals surface area contributed by atoms with Crippen molar-refractivity contribution in [2.45, 2.75) is 6.18 Å². The van der Waals surface area contributed by atoms with Gasteiger partial charge < -0.3 is 15.5 Å². The summed E-state index contributed by atoms with van der Waals surface area (Å²) >= 11 is 0. The molecule has 2 N–H and O–H groups in total. The number of likely N-dealkylation sites (N-methyl/N-ethyl adjacent to an activating group) is 1. The Kier molecular flexibility index (Phi) is 4.92. The van der Waals surface area contributed by atoms with E-state index < -0.39 is 16.7 Å². The first-order valence-electron chi connectivity index (χ1n) is 8.23. The fraction of sp³-hybridized carbons (Fsp3) is 0.353. The molecule has 0 bridgehead atoms. The lowest BCUT2D eigenvalue weighted by molar-refractivity contribution is -0.383. The van der Waals surface area contributed by atoms with Crippen LogP contribution in [-0.4, -0.2) is 48.0 Å². The number of piperazine rings is 1. The molecule has 2 heterocycles. The fourth-order valence-corrected chi connectivity index (χ4v) is 3.06. The maximum absolute atomic E-state index is 13.4. The van der Waals surface area contributed by atoms with Crippen LogP contribution in [0.4, 0.5) is 30.4 Å². The van der Waals surface area contributed by atoms with Gasteiger partial charge in [0.25, 0.3) is 0 Å². The van der Waals surface area contributed by atoms with Gasteiger partial charge in [-0.3, -0.25) is 10.1 Å². The minimum absolute atomic E-state index is 0.0000718. The third-order valence-electron chi connectivity index (χ3n) is 4.50. The topological polar surface area (TPSA) is 88.5 Å². The van der Waals surface area contributed by atoms with E-state index in [1.165, 1.54) is 18.2 Å². The van der Waals surface area contributed by atoms with Gasteiger partial charge in [0.1, 0.15) is 5.69 Å². The fourth-order valence-electron chi connectivity index (χ4n) is 3.06. The molecule has 3 rings (SSSR count). The summed E-state index contributed by atoms with van der Waals surface area (Å²) in [5.41, 5.74) is 4.19. The summed E-state index contributed by atoms with van der Waals surface area (Å²) in [5, 5.41) is 11.5. The van der Waals surface area contributed by atoms with Gasteiger partial charge >= 0.3 is 11.9 Å². The third kappa shape index (κ3) is 3.80. The highest BCUT2D eigenvalue weighted by molar-refractivity contribution is 5.79. The first-order valence-corrected chi connectivity index (χ1v) is 8.23. The molecule has 1 aliphatic rings. The highest BCUT2D eigenvalue weighted by Gasteiger charge is 2.35. The highest BCUT2D eigenvalue weighted by atomic mass is 19.4. The Balaban J connectivity index is 2.16. The maximum atomic E-state index is 13.4. The summed E-state index contributed by atoms with van der Waals surface area (Å²) in [7, 11) is 1.92. The predicted octanol–water partition coefficient (Wildman–Crippen LogP) is 3.01. The van der Waals surface area contributed by atoms with Gasteiger partial charge in [-0.25, -0.2) is 4.98 Å². The van der Waals surface area contributed by atoms with E-state index in [1.54, 1.807) is 4.90 Å². The molecule has 144 valence electrons. The molecular formula is C17H18F3N5O2. The molecule has 0 saturated carbocycles. The van der Waals surface area contributed by atoms with Crippen molar-refractivity contribution in [1.29, 1.82) is 0 Å². The summed E-state index contributed by atoms with van der Waals surface area (Å²) in [6.45, 7) is 2.24. The lowest BCUT2D eigenvalue weighted by Crippen LogP contribution is -2.45. The SMILES string of the molecule is CN1CCN(c2nc(-c3ccccc3C(F)(F)F)cc(N)c2[N+](=O)[O-])CC1. The van der Waals surface area contributed by atoms with Crippen LogP contribution in [0.15, 0.2) is 30.3 Å². The molecule has 1 aromatic carbocycles. The van der Waals surface area contributed by atoms with Crippen molar-refractivity contribution in [3.8, 4) is 11.3 Å². The van der Waals surface area contributed by atoms with E-state index in [2.05, 4.69) is 9.88 Å². The number of pyridine rings is 1. The molecule has 0 unspecified atom stereocenters. The van der Waals surface area contributed by atoms with Gasteiger partial charge in [-0.15, -0.1) is 0 Å². The Labute approximate surface area is 153 Å². The minimum Gasteiger partial charge on any atom is -0.393 e. The van der Waals surface area contributed by atoms with Crippen LogP contribution in [0.25, 0.3) is 11.3 Å². The van der Waals surface area contributed by atoms with Gasteiger partial charge in [0.15, 0.2) is 0 Å². The molecule has 10 heteroatoms. The summed E-state index contributed by atoms with van der Waals surface area (Å²) < 4.78 is 40.1. The quantitative estimate of drug-likeness (QED) is 0.650. The van der Waals surface area contributed by atoms with Crippen LogP contribution in [0.5, 0.6) is 0 Å². The summed E-state index contributed by atoms with van der Waals surface area (Å²) in [6.07, 6.45) is -4.58. The highest BCUT2D eigenvalue weighted by Crippen LogP contribution is 2.40. The van der Waals surface area contributed by atoms with Crippen molar-refractivity contribution in [2.24, 2.45) is 0 Å². The Morgan fingerprint density at radius 3 is 2.41 bits per heavy atom. The Morgan fingerprint density at radius 1 is 1.19 bits per heavy atom. The number of nitrogens with zero attached hydrogens (tertiary/aromatic N) is 4. The van der Waals surface area contributed by atoms with Gasteiger partial charge in [0.05, 0.1) is 16.2 Å². The number of nitrogens with two attached hydrogens (primary N) is 1. The van der Waals surface area contributed by atoms with Crippen LogP contribution in [-0.2, 0) is 6.18 Å². The Bertz CT molecular complexity index is 864. The molecule has 1 saturated heterocycles. The summed E-state index contributed by atoms with van der Waals surface area (Å²) in [4.78, 5) is 18.8. The van der Waals surface area contributed by atoms with Crippen LogP contribution >= 0.6 is 0 Å². The van der Waals surface area contributed by atoms with E-state index in [1.807, 2.05) is 7.05 Å². The second-order valence-corrected chi connectivity index (χ2v) is 6.36. The van der Waals surface area contributed by atoms with E-state index in [9.17, 15) is 23.3 Å². The Hall–Kier alpha value is -2.88. The minimum atomic E-state index is -4.58. The van der Waals surface area contributed by atoms with Gasteiger partial charge in [-0.2, -0.15) is 13.2 Å². The van der Waals surface area contributed by atoms with Gasteiger partial charge in [0.2, 0.25) is 5.82 Å². The number of halogens is 3. The van der Waals surface area contributed by atoms with Crippen LogP contribution in [0, 0.1) is 10.1 Å². The van der Waals surface area contributed by atoms with Gasteiger partial charge in [0, 0.05) is 31.7 Å². The average Bonchev–Trinajstić information content (AvgIpc) is 2.60. The molecule has 0 spiro atoms. The van der Waals surface area contributed by atoms with Crippen molar-refractivity contribution < 1.29 is 18.1 Å². The van der Waals surface area contributed by atoms with Crippen LogP contribution in [0.1, 0.15) is 5.56 Å². The van der Waals surface area contributed by atoms with Crippen LogP contribution in [0.3, 0.4) is 0 Å². The normalized spacial score (nSPS) is 15.8. The van der Waals surface area contributed by atoms with E-state index in [4.69, 9.17) is 5.73 Å².